The minimum absolute atomic E-state index is 0.0137. The first kappa shape index (κ1) is 19.9. The molecule has 1 aromatic heterocycles. The number of amides is 3. The van der Waals surface area contributed by atoms with Crippen molar-refractivity contribution in [3.63, 3.8) is 0 Å². The minimum Gasteiger partial charge on any atom is -0.467 e. The molecule has 1 aliphatic heterocycles. The molecule has 1 aromatic carbocycles. The van der Waals surface area contributed by atoms with Gasteiger partial charge in [0.05, 0.1) is 6.26 Å². The van der Waals surface area contributed by atoms with Crippen LogP contribution < -0.4 is 5.32 Å². The second kappa shape index (κ2) is 8.93. The summed E-state index contributed by atoms with van der Waals surface area (Å²) in [6.45, 7) is 1.07. The Kier molecular flexibility index (Phi) is 6.36. The molecule has 150 valence electrons. The van der Waals surface area contributed by atoms with E-state index in [1.165, 1.54) is 11.2 Å². The highest BCUT2D eigenvalue weighted by atomic mass is 16.4. The molecule has 2 atom stereocenters. The maximum Gasteiger partial charge on any atom is 0.317 e. The summed E-state index contributed by atoms with van der Waals surface area (Å²) in [4.78, 5) is 27.9. The lowest BCUT2D eigenvalue weighted by Crippen LogP contribution is -2.43. The van der Waals surface area contributed by atoms with Crippen LogP contribution in [0.15, 0.2) is 47.1 Å². The van der Waals surface area contributed by atoms with Crippen molar-refractivity contribution in [2.45, 2.75) is 38.0 Å². The van der Waals surface area contributed by atoms with Crippen LogP contribution in [0.4, 0.5) is 4.79 Å². The van der Waals surface area contributed by atoms with Crippen molar-refractivity contribution in [2.24, 2.45) is 0 Å². The van der Waals surface area contributed by atoms with E-state index in [0.29, 0.717) is 30.8 Å². The highest BCUT2D eigenvalue weighted by molar-refractivity contribution is 5.93. The second-order valence-corrected chi connectivity index (χ2v) is 7.31. The van der Waals surface area contributed by atoms with E-state index in [0.717, 1.165) is 18.4 Å². The van der Waals surface area contributed by atoms with E-state index in [-0.39, 0.29) is 18.0 Å². The summed E-state index contributed by atoms with van der Waals surface area (Å²) in [5.41, 5.74) is 1.54. The third-order valence-electron chi connectivity index (χ3n) is 5.06. The molecule has 0 aliphatic carbocycles. The number of likely N-dealkylation sites (tertiary alicyclic amines) is 1. The lowest BCUT2D eigenvalue weighted by molar-refractivity contribution is 0.0827. The lowest BCUT2D eigenvalue weighted by atomic mass is 10.1. The van der Waals surface area contributed by atoms with Gasteiger partial charge in [0, 0.05) is 45.2 Å². The number of hydrogen-bond donors (Lipinski definition) is 2. The number of rotatable bonds is 6. The van der Waals surface area contributed by atoms with Gasteiger partial charge in [-0.15, -0.1) is 0 Å². The summed E-state index contributed by atoms with van der Waals surface area (Å²) < 4.78 is 5.25. The zero-order valence-electron chi connectivity index (χ0n) is 16.3. The average molecular weight is 385 g/mol. The molecule has 1 saturated heterocycles. The van der Waals surface area contributed by atoms with E-state index in [4.69, 9.17) is 4.42 Å². The normalized spacial score (nSPS) is 17.4. The van der Waals surface area contributed by atoms with Gasteiger partial charge in [0.25, 0.3) is 5.91 Å². The van der Waals surface area contributed by atoms with Crippen molar-refractivity contribution in [3.8, 4) is 0 Å². The molecule has 0 radical (unpaired) electrons. The van der Waals surface area contributed by atoms with E-state index >= 15 is 0 Å². The maximum absolute atomic E-state index is 12.6. The first-order valence-electron chi connectivity index (χ1n) is 9.52. The van der Waals surface area contributed by atoms with Crippen molar-refractivity contribution in [2.75, 3.05) is 20.6 Å². The molecule has 7 nitrogen and oxygen atoms in total. The molecule has 0 spiro atoms. The van der Waals surface area contributed by atoms with Gasteiger partial charge in [0.15, 0.2) is 0 Å². The predicted molar refractivity (Wildman–Crippen MR) is 105 cm³/mol. The highest BCUT2D eigenvalue weighted by Gasteiger charge is 2.31. The highest BCUT2D eigenvalue weighted by Crippen LogP contribution is 2.27. The van der Waals surface area contributed by atoms with E-state index in [1.807, 2.05) is 12.1 Å². The number of nitrogens with zero attached hydrogens (tertiary/aromatic N) is 2. The van der Waals surface area contributed by atoms with Crippen LogP contribution in [-0.4, -0.2) is 53.5 Å². The van der Waals surface area contributed by atoms with Gasteiger partial charge >= 0.3 is 6.03 Å². The van der Waals surface area contributed by atoms with Crippen LogP contribution in [0.1, 0.15) is 47.0 Å². The van der Waals surface area contributed by atoms with Gasteiger partial charge in [-0.25, -0.2) is 4.79 Å². The predicted octanol–water partition coefficient (Wildman–Crippen LogP) is 2.78. The van der Waals surface area contributed by atoms with Gasteiger partial charge in [-0.2, -0.15) is 0 Å². The molecule has 28 heavy (non-hydrogen) atoms. The summed E-state index contributed by atoms with van der Waals surface area (Å²) in [5.74, 6) is 0.477. The minimum atomic E-state index is -0.713. The maximum atomic E-state index is 12.6. The quantitative estimate of drug-likeness (QED) is 0.801. The Bertz CT molecular complexity index is 786. The van der Waals surface area contributed by atoms with Crippen molar-refractivity contribution in [1.29, 1.82) is 0 Å². The van der Waals surface area contributed by atoms with Gasteiger partial charge in [0.2, 0.25) is 0 Å². The topological polar surface area (TPSA) is 86.0 Å². The third-order valence-corrected chi connectivity index (χ3v) is 5.06. The van der Waals surface area contributed by atoms with Gasteiger partial charge in [0.1, 0.15) is 11.9 Å². The van der Waals surface area contributed by atoms with Crippen LogP contribution in [0.25, 0.3) is 0 Å². The SMILES string of the molecule is CN(C)C(=O)c1ccc(CNC(=O)N2CCCC2CC(O)c2ccco2)cc1. The number of carbonyl (C=O) groups is 2. The lowest BCUT2D eigenvalue weighted by Gasteiger charge is -2.26. The number of furan rings is 1. The number of hydrogen-bond acceptors (Lipinski definition) is 4. The van der Waals surface area contributed by atoms with Gasteiger partial charge in [-0.1, -0.05) is 12.1 Å². The molecular formula is C21H27N3O4. The summed E-state index contributed by atoms with van der Waals surface area (Å²) in [6, 6.07) is 10.6. The average Bonchev–Trinajstić information content (AvgIpc) is 3.38. The summed E-state index contributed by atoms with van der Waals surface area (Å²) in [6.07, 6.45) is 3.07. The van der Waals surface area contributed by atoms with Crippen molar-refractivity contribution in [1.82, 2.24) is 15.1 Å². The number of benzene rings is 1. The van der Waals surface area contributed by atoms with Crippen LogP contribution in [0, 0.1) is 0 Å². The van der Waals surface area contributed by atoms with Crippen molar-refractivity contribution >= 4 is 11.9 Å². The second-order valence-electron chi connectivity index (χ2n) is 7.31. The summed E-state index contributed by atoms with van der Waals surface area (Å²) >= 11 is 0. The van der Waals surface area contributed by atoms with E-state index in [2.05, 4.69) is 5.32 Å². The standard InChI is InChI=1S/C21H27N3O4/c1-23(2)20(26)16-9-7-15(8-10-16)14-22-21(27)24-11-3-5-17(24)13-18(25)19-6-4-12-28-19/h4,6-10,12,17-18,25H,3,5,11,13-14H2,1-2H3,(H,22,27). The fourth-order valence-electron chi connectivity index (χ4n) is 3.51. The van der Waals surface area contributed by atoms with Gasteiger partial charge in [-0.3, -0.25) is 4.79 Å². The Morgan fingerprint density at radius 1 is 1.29 bits per heavy atom. The third kappa shape index (κ3) is 4.72. The molecule has 2 unspecified atom stereocenters. The van der Waals surface area contributed by atoms with Crippen molar-refractivity contribution < 1.29 is 19.1 Å². The number of aliphatic hydroxyl groups is 1. The number of carbonyl (C=O) groups excluding carboxylic acids is 2. The Hall–Kier alpha value is -2.80. The molecule has 2 heterocycles. The first-order valence-corrected chi connectivity index (χ1v) is 9.52. The number of urea groups is 1. The van der Waals surface area contributed by atoms with E-state index < -0.39 is 6.10 Å². The molecule has 2 aromatic rings. The largest absolute Gasteiger partial charge is 0.467 e. The van der Waals surface area contributed by atoms with Crippen molar-refractivity contribution in [3.05, 3.63) is 59.5 Å². The van der Waals surface area contributed by atoms with Crippen LogP contribution in [0.5, 0.6) is 0 Å². The Morgan fingerprint density at radius 2 is 2.04 bits per heavy atom. The van der Waals surface area contributed by atoms with Gasteiger partial charge < -0.3 is 24.6 Å². The molecule has 1 aliphatic rings. The zero-order valence-corrected chi connectivity index (χ0v) is 16.3. The molecule has 3 amide bonds. The fourth-order valence-corrected chi connectivity index (χ4v) is 3.51. The first-order chi connectivity index (χ1) is 13.5. The molecule has 0 bridgehead atoms. The van der Waals surface area contributed by atoms with E-state index in [1.54, 1.807) is 43.3 Å². The van der Waals surface area contributed by atoms with Crippen LogP contribution >= 0.6 is 0 Å². The molecule has 3 rings (SSSR count). The summed E-state index contributed by atoms with van der Waals surface area (Å²) in [7, 11) is 3.43. The zero-order chi connectivity index (χ0) is 20.1. The van der Waals surface area contributed by atoms with E-state index in [9.17, 15) is 14.7 Å². The van der Waals surface area contributed by atoms with Crippen LogP contribution in [0.3, 0.4) is 0 Å². The Labute approximate surface area is 164 Å². The Morgan fingerprint density at radius 3 is 2.68 bits per heavy atom. The fraction of sp³-hybridized carbons (Fsp3) is 0.429. The summed E-state index contributed by atoms with van der Waals surface area (Å²) in [5, 5.41) is 13.2. The number of nitrogens with one attached hydrogen (secondary N) is 1. The molecule has 1 fully saturated rings. The van der Waals surface area contributed by atoms with Crippen LogP contribution in [-0.2, 0) is 6.54 Å². The molecule has 0 saturated carbocycles. The monoisotopic (exact) mass is 385 g/mol. The Balaban J connectivity index is 1.53. The molecule has 2 N–H and O–H groups in total. The molecule has 7 heteroatoms. The smallest absolute Gasteiger partial charge is 0.317 e. The molecular weight excluding hydrogens is 358 g/mol. The van der Waals surface area contributed by atoms with Gasteiger partial charge in [-0.05, 0) is 42.7 Å². The number of aliphatic hydroxyl groups excluding tert-OH is 1. The van der Waals surface area contributed by atoms with Crippen LogP contribution in [0.2, 0.25) is 0 Å².